The minimum absolute atomic E-state index is 0.166. The molecule has 1 fully saturated rings. The highest BCUT2D eigenvalue weighted by atomic mass is 15.1. The SMILES string of the molecule is Cc1ccc(C(N)CCN(C)C(C)C2CC2)cc1. The molecule has 2 rings (SSSR count). The summed E-state index contributed by atoms with van der Waals surface area (Å²) in [6.07, 6.45) is 3.86. The van der Waals surface area contributed by atoms with Gasteiger partial charge < -0.3 is 10.6 Å². The Kier molecular flexibility index (Phi) is 4.41. The van der Waals surface area contributed by atoms with E-state index < -0.39 is 0 Å². The van der Waals surface area contributed by atoms with Crippen molar-refractivity contribution in [2.45, 2.75) is 45.2 Å². The van der Waals surface area contributed by atoms with Crippen molar-refractivity contribution in [3.05, 3.63) is 35.4 Å². The summed E-state index contributed by atoms with van der Waals surface area (Å²) in [6, 6.07) is 9.49. The maximum Gasteiger partial charge on any atom is 0.0307 e. The second-order valence-corrected chi connectivity index (χ2v) is 5.86. The van der Waals surface area contributed by atoms with Gasteiger partial charge in [-0.05, 0) is 58.2 Å². The monoisotopic (exact) mass is 246 g/mol. The smallest absolute Gasteiger partial charge is 0.0307 e. The molecule has 0 aromatic heterocycles. The van der Waals surface area contributed by atoms with E-state index in [-0.39, 0.29) is 6.04 Å². The zero-order valence-corrected chi connectivity index (χ0v) is 11.9. The summed E-state index contributed by atoms with van der Waals surface area (Å²) in [5, 5.41) is 0. The summed E-state index contributed by atoms with van der Waals surface area (Å²) in [5.74, 6) is 0.936. The Hall–Kier alpha value is -0.860. The predicted molar refractivity (Wildman–Crippen MR) is 77.5 cm³/mol. The lowest BCUT2D eigenvalue weighted by molar-refractivity contribution is 0.226. The number of benzene rings is 1. The molecular formula is C16H26N2. The van der Waals surface area contributed by atoms with Gasteiger partial charge in [0.05, 0.1) is 0 Å². The van der Waals surface area contributed by atoms with Gasteiger partial charge in [0.1, 0.15) is 0 Å². The van der Waals surface area contributed by atoms with Crippen LogP contribution in [0.4, 0.5) is 0 Å². The van der Waals surface area contributed by atoms with Crippen LogP contribution in [0.25, 0.3) is 0 Å². The van der Waals surface area contributed by atoms with E-state index >= 15 is 0 Å². The van der Waals surface area contributed by atoms with Gasteiger partial charge in [-0.2, -0.15) is 0 Å². The van der Waals surface area contributed by atoms with E-state index in [1.807, 2.05) is 0 Å². The zero-order valence-electron chi connectivity index (χ0n) is 11.9. The number of nitrogens with two attached hydrogens (primary N) is 1. The molecule has 2 heteroatoms. The molecule has 100 valence electrons. The van der Waals surface area contributed by atoms with Crippen molar-refractivity contribution in [1.82, 2.24) is 4.90 Å². The second kappa shape index (κ2) is 5.85. The lowest BCUT2D eigenvalue weighted by Crippen LogP contribution is -2.33. The predicted octanol–water partition coefficient (Wildman–Crippen LogP) is 3.12. The van der Waals surface area contributed by atoms with E-state index in [1.54, 1.807) is 0 Å². The van der Waals surface area contributed by atoms with Crippen LogP contribution in [-0.2, 0) is 0 Å². The van der Waals surface area contributed by atoms with Crippen LogP contribution in [0.1, 0.15) is 43.4 Å². The molecule has 2 atom stereocenters. The van der Waals surface area contributed by atoms with Crippen LogP contribution in [0.2, 0.25) is 0 Å². The Labute approximate surface area is 111 Å². The van der Waals surface area contributed by atoms with Gasteiger partial charge in [-0.1, -0.05) is 29.8 Å². The summed E-state index contributed by atoms with van der Waals surface area (Å²) >= 11 is 0. The molecule has 0 aliphatic heterocycles. The highest BCUT2D eigenvalue weighted by Crippen LogP contribution is 2.34. The number of nitrogens with zero attached hydrogens (tertiary/aromatic N) is 1. The van der Waals surface area contributed by atoms with E-state index in [2.05, 4.69) is 50.1 Å². The quantitative estimate of drug-likeness (QED) is 0.835. The average Bonchev–Trinajstić information content (AvgIpc) is 3.19. The van der Waals surface area contributed by atoms with Crippen molar-refractivity contribution in [3.63, 3.8) is 0 Å². The van der Waals surface area contributed by atoms with E-state index in [4.69, 9.17) is 5.73 Å². The zero-order chi connectivity index (χ0) is 13.1. The van der Waals surface area contributed by atoms with Crippen LogP contribution in [0, 0.1) is 12.8 Å². The third-order valence-corrected chi connectivity index (χ3v) is 4.30. The number of hydrogen-bond acceptors (Lipinski definition) is 2. The van der Waals surface area contributed by atoms with Crippen LogP contribution < -0.4 is 5.73 Å². The van der Waals surface area contributed by atoms with Crippen molar-refractivity contribution < 1.29 is 0 Å². The first kappa shape index (κ1) is 13.6. The first-order valence-electron chi connectivity index (χ1n) is 7.10. The Balaban J connectivity index is 1.80. The lowest BCUT2D eigenvalue weighted by atomic mass is 10.0. The number of rotatable bonds is 6. The topological polar surface area (TPSA) is 29.3 Å². The second-order valence-electron chi connectivity index (χ2n) is 5.86. The van der Waals surface area contributed by atoms with Crippen LogP contribution >= 0.6 is 0 Å². The van der Waals surface area contributed by atoms with E-state index in [0.717, 1.165) is 24.9 Å². The summed E-state index contributed by atoms with van der Waals surface area (Å²) in [7, 11) is 2.23. The first-order valence-corrected chi connectivity index (χ1v) is 7.10. The standard InChI is InChI=1S/C16H26N2/c1-12-4-6-15(7-5-12)16(17)10-11-18(3)13(2)14-8-9-14/h4-7,13-14,16H,8-11,17H2,1-3H3. The van der Waals surface area contributed by atoms with Crippen LogP contribution in [0.5, 0.6) is 0 Å². The third-order valence-electron chi connectivity index (χ3n) is 4.30. The van der Waals surface area contributed by atoms with E-state index in [9.17, 15) is 0 Å². The molecule has 2 nitrogen and oxygen atoms in total. The van der Waals surface area contributed by atoms with Crippen LogP contribution in [0.3, 0.4) is 0 Å². The molecule has 2 N–H and O–H groups in total. The van der Waals surface area contributed by atoms with Gasteiger partial charge in [-0.3, -0.25) is 0 Å². The molecule has 1 aliphatic carbocycles. The van der Waals surface area contributed by atoms with E-state index in [0.29, 0.717) is 0 Å². The maximum absolute atomic E-state index is 6.26. The highest BCUT2D eigenvalue weighted by molar-refractivity contribution is 5.23. The van der Waals surface area contributed by atoms with Gasteiger partial charge in [0, 0.05) is 12.1 Å². The molecule has 1 saturated carbocycles. The first-order chi connectivity index (χ1) is 8.58. The Morgan fingerprint density at radius 1 is 1.28 bits per heavy atom. The van der Waals surface area contributed by atoms with Crippen molar-refractivity contribution in [2.75, 3.05) is 13.6 Å². The molecule has 0 heterocycles. The third kappa shape index (κ3) is 3.56. The fourth-order valence-electron chi connectivity index (χ4n) is 2.47. The molecule has 0 amide bonds. The van der Waals surface area contributed by atoms with Crippen molar-refractivity contribution in [3.8, 4) is 0 Å². The minimum Gasteiger partial charge on any atom is -0.324 e. The van der Waals surface area contributed by atoms with Crippen molar-refractivity contribution >= 4 is 0 Å². The molecule has 0 radical (unpaired) electrons. The molecular weight excluding hydrogens is 220 g/mol. The molecule has 0 bridgehead atoms. The largest absolute Gasteiger partial charge is 0.324 e. The average molecular weight is 246 g/mol. The minimum atomic E-state index is 0.166. The molecule has 0 saturated heterocycles. The lowest BCUT2D eigenvalue weighted by Gasteiger charge is -2.26. The van der Waals surface area contributed by atoms with Crippen LogP contribution in [-0.4, -0.2) is 24.5 Å². The van der Waals surface area contributed by atoms with E-state index in [1.165, 1.54) is 24.0 Å². The van der Waals surface area contributed by atoms with Gasteiger partial charge in [-0.15, -0.1) is 0 Å². The highest BCUT2D eigenvalue weighted by Gasteiger charge is 2.30. The summed E-state index contributed by atoms with van der Waals surface area (Å²) in [6.45, 7) is 5.54. The van der Waals surface area contributed by atoms with Crippen molar-refractivity contribution in [1.29, 1.82) is 0 Å². The Bertz CT molecular complexity index is 367. The van der Waals surface area contributed by atoms with Gasteiger partial charge in [0.15, 0.2) is 0 Å². The molecule has 1 aliphatic rings. The molecule has 2 unspecified atom stereocenters. The maximum atomic E-state index is 6.26. The Morgan fingerprint density at radius 3 is 2.44 bits per heavy atom. The molecule has 1 aromatic rings. The normalized spacial score (nSPS) is 18.9. The number of hydrogen-bond donors (Lipinski definition) is 1. The van der Waals surface area contributed by atoms with Gasteiger partial charge in [0.25, 0.3) is 0 Å². The van der Waals surface area contributed by atoms with Gasteiger partial charge >= 0.3 is 0 Å². The van der Waals surface area contributed by atoms with Crippen molar-refractivity contribution in [2.24, 2.45) is 11.7 Å². The molecule has 0 spiro atoms. The van der Waals surface area contributed by atoms with Crippen LogP contribution in [0.15, 0.2) is 24.3 Å². The molecule has 1 aromatic carbocycles. The fraction of sp³-hybridized carbons (Fsp3) is 0.625. The Morgan fingerprint density at radius 2 is 1.89 bits per heavy atom. The van der Waals surface area contributed by atoms with Gasteiger partial charge in [-0.25, -0.2) is 0 Å². The summed E-state index contributed by atoms with van der Waals surface area (Å²) < 4.78 is 0. The summed E-state index contributed by atoms with van der Waals surface area (Å²) in [5.41, 5.74) is 8.81. The molecule has 18 heavy (non-hydrogen) atoms. The van der Waals surface area contributed by atoms with Gasteiger partial charge in [0.2, 0.25) is 0 Å². The summed E-state index contributed by atoms with van der Waals surface area (Å²) in [4.78, 5) is 2.46. The number of aryl methyl sites for hydroxylation is 1. The fourth-order valence-corrected chi connectivity index (χ4v) is 2.47.